The number of carbonyl (C=O) groups excluding carboxylic acids is 1. The molecule has 0 fully saturated rings. The van der Waals surface area contributed by atoms with E-state index in [0.717, 1.165) is 21.1 Å². The van der Waals surface area contributed by atoms with Gasteiger partial charge in [-0.3, -0.25) is 4.79 Å². The molecule has 17 heavy (non-hydrogen) atoms. The van der Waals surface area contributed by atoms with E-state index < -0.39 is 0 Å². The molecule has 0 aromatic carbocycles. The SMILES string of the molecule is Cc1[nH]c(=S)sc1CC(=O)N(C)CC(C)(C)C. The van der Waals surface area contributed by atoms with E-state index in [9.17, 15) is 4.79 Å². The molecule has 1 heterocycles. The second-order valence-electron chi connectivity index (χ2n) is 5.55. The number of aromatic amines is 1. The average Bonchev–Trinajstić information content (AvgIpc) is 2.42. The topological polar surface area (TPSA) is 36.1 Å². The lowest BCUT2D eigenvalue weighted by molar-refractivity contribution is -0.130. The average molecular weight is 272 g/mol. The van der Waals surface area contributed by atoms with Gasteiger partial charge in [-0.25, -0.2) is 0 Å². The fraction of sp³-hybridized carbons (Fsp3) is 0.667. The van der Waals surface area contributed by atoms with Crippen molar-refractivity contribution in [3.05, 3.63) is 14.5 Å². The zero-order valence-corrected chi connectivity index (χ0v) is 12.7. The number of hydrogen-bond acceptors (Lipinski definition) is 3. The van der Waals surface area contributed by atoms with Gasteiger partial charge >= 0.3 is 0 Å². The smallest absolute Gasteiger partial charge is 0.227 e. The summed E-state index contributed by atoms with van der Waals surface area (Å²) in [6.45, 7) is 9.10. The molecule has 0 bridgehead atoms. The molecule has 3 nitrogen and oxygen atoms in total. The predicted octanol–water partition coefficient (Wildman–Crippen LogP) is 3.16. The molecular formula is C12H20N2OS2. The number of aromatic nitrogens is 1. The molecule has 1 aromatic rings. The Morgan fingerprint density at radius 2 is 2.06 bits per heavy atom. The summed E-state index contributed by atoms with van der Waals surface area (Å²) < 4.78 is 0.740. The van der Waals surface area contributed by atoms with Crippen LogP contribution in [0.5, 0.6) is 0 Å². The van der Waals surface area contributed by atoms with Crippen molar-refractivity contribution in [1.82, 2.24) is 9.88 Å². The van der Waals surface area contributed by atoms with E-state index in [1.165, 1.54) is 11.3 Å². The highest BCUT2D eigenvalue weighted by Crippen LogP contribution is 2.18. The molecule has 1 rings (SSSR count). The van der Waals surface area contributed by atoms with Crippen LogP contribution in [-0.2, 0) is 11.2 Å². The maximum atomic E-state index is 12.0. The molecule has 1 N–H and O–H groups in total. The van der Waals surface area contributed by atoms with Crippen molar-refractivity contribution < 1.29 is 4.79 Å². The van der Waals surface area contributed by atoms with E-state index >= 15 is 0 Å². The normalized spacial score (nSPS) is 11.6. The molecule has 1 amide bonds. The molecule has 5 heteroatoms. The van der Waals surface area contributed by atoms with Crippen LogP contribution in [0.1, 0.15) is 31.3 Å². The molecule has 0 unspecified atom stereocenters. The Balaban J connectivity index is 2.67. The monoisotopic (exact) mass is 272 g/mol. The maximum absolute atomic E-state index is 12.0. The zero-order valence-electron chi connectivity index (χ0n) is 11.1. The van der Waals surface area contributed by atoms with Crippen LogP contribution in [0, 0.1) is 16.3 Å². The Labute approximate surface area is 112 Å². The molecule has 0 aliphatic carbocycles. The van der Waals surface area contributed by atoms with Gasteiger partial charge < -0.3 is 9.88 Å². The van der Waals surface area contributed by atoms with Gasteiger partial charge in [-0.05, 0) is 24.6 Å². The summed E-state index contributed by atoms with van der Waals surface area (Å²) >= 11 is 6.55. The summed E-state index contributed by atoms with van der Waals surface area (Å²) in [4.78, 5) is 17.9. The van der Waals surface area contributed by atoms with Gasteiger partial charge in [0.25, 0.3) is 0 Å². The molecule has 96 valence electrons. The van der Waals surface area contributed by atoms with Crippen LogP contribution in [0.2, 0.25) is 0 Å². The molecule has 0 atom stereocenters. The summed E-state index contributed by atoms with van der Waals surface area (Å²) in [7, 11) is 1.86. The fourth-order valence-corrected chi connectivity index (χ4v) is 2.96. The number of H-pyrrole nitrogens is 1. The summed E-state index contributed by atoms with van der Waals surface area (Å²) in [6, 6.07) is 0. The van der Waals surface area contributed by atoms with Crippen molar-refractivity contribution >= 4 is 29.5 Å². The van der Waals surface area contributed by atoms with Crippen LogP contribution in [-0.4, -0.2) is 29.4 Å². The van der Waals surface area contributed by atoms with E-state index in [4.69, 9.17) is 12.2 Å². The van der Waals surface area contributed by atoms with Crippen molar-refractivity contribution in [2.24, 2.45) is 5.41 Å². The number of nitrogens with zero attached hydrogens (tertiary/aromatic N) is 1. The van der Waals surface area contributed by atoms with Gasteiger partial charge in [0.1, 0.15) is 0 Å². The Morgan fingerprint density at radius 3 is 2.47 bits per heavy atom. The van der Waals surface area contributed by atoms with Crippen molar-refractivity contribution in [3.8, 4) is 0 Å². The summed E-state index contributed by atoms with van der Waals surface area (Å²) in [5.74, 6) is 0.147. The first kappa shape index (κ1) is 14.4. The number of rotatable bonds is 3. The van der Waals surface area contributed by atoms with Gasteiger partial charge in [-0.1, -0.05) is 20.8 Å². The highest BCUT2D eigenvalue weighted by atomic mass is 32.1. The van der Waals surface area contributed by atoms with Gasteiger partial charge in [-0.2, -0.15) is 0 Å². The highest BCUT2D eigenvalue weighted by Gasteiger charge is 2.18. The number of thiazole rings is 1. The molecule has 0 aliphatic heterocycles. The minimum Gasteiger partial charge on any atom is -0.345 e. The van der Waals surface area contributed by atoms with Crippen LogP contribution in [0.25, 0.3) is 0 Å². The molecule has 1 aromatic heterocycles. The van der Waals surface area contributed by atoms with Gasteiger partial charge in [0.05, 0.1) is 6.42 Å². The van der Waals surface area contributed by atoms with E-state index in [2.05, 4.69) is 25.8 Å². The molecule has 0 saturated heterocycles. The minimum atomic E-state index is 0.129. The quantitative estimate of drug-likeness (QED) is 0.858. The van der Waals surface area contributed by atoms with Crippen LogP contribution < -0.4 is 0 Å². The molecule has 0 radical (unpaired) electrons. The van der Waals surface area contributed by atoms with Crippen molar-refractivity contribution in [2.75, 3.05) is 13.6 Å². The van der Waals surface area contributed by atoms with Crippen molar-refractivity contribution in [1.29, 1.82) is 0 Å². The Bertz CT molecular complexity index is 454. The van der Waals surface area contributed by atoms with Crippen LogP contribution in [0.4, 0.5) is 0 Å². The highest BCUT2D eigenvalue weighted by molar-refractivity contribution is 7.73. The third kappa shape index (κ3) is 4.60. The Morgan fingerprint density at radius 1 is 1.47 bits per heavy atom. The first-order valence-electron chi connectivity index (χ1n) is 5.61. The number of likely N-dealkylation sites (N-methyl/N-ethyl adjacent to an activating group) is 1. The van der Waals surface area contributed by atoms with Gasteiger partial charge in [0.2, 0.25) is 5.91 Å². The fourth-order valence-electron chi connectivity index (χ4n) is 1.68. The van der Waals surface area contributed by atoms with Crippen molar-refractivity contribution in [2.45, 2.75) is 34.1 Å². The number of nitrogens with one attached hydrogen (secondary N) is 1. The number of aryl methyl sites for hydroxylation is 1. The zero-order chi connectivity index (χ0) is 13.2. The Kier molecular flexibility index (Phi) is 4.49. The lowest BCUT2D eigenvalue weighted by Crippen LogP contribution is -2.35. The third-order valence-electron chi connectivity index (χ3n) is 2.37. The van der Waals surface area contributed by atoms with Gasteiger partial charge in [0, 0.05) is 24.2 Å². The van der Waals surface area contributed by atoms with Gasteiger partial charge in [-0.15, -0.1) is 11.3 Å². The van der Waals surface area contributed by atoms with E-state index in [0.29, 0.717) is 6.42 Å². The summed E-state index contributed by atoms with van der Waals surface area (Å²) in [5, 5.41) is 0. The molecule has 0 spiro atoms. The van der Waals surface area contributed by atoms with Crippen LogP contribution in [0.15, 0.2) is 0 Å². The van der Waals surface area contributed by atoms with Gasteiger partial charge in [0.15, 0.2) is 3.95 Å². The first-order chi connectivity index (χ1) is 7.69. The van der Waals surface area contributed by atoms with E-state index in [1.807, 2.05) is 14.0 Å². The molecular weight excluding hydrogens is 252 g/mol. The van der Waals surface area contributed by atoms with Crippen LogP contribution in [0.3, 0.4) is 0 Å². The number of amides is 1. The molecule has 0 saturated carbocycles. The lowest BCUT2D eigenvalue weighted by Gasteiger charge is -2.26. The second-order valence-corrected chi connectivity index (χ2v) is 7.32. The Hall–Kier alpha value is -0.680. The third-order valence-corrected chi connectivity index (χ3v) is 3.71. The predicted molar refractivity (Wildman–Crippen MR) is 75.0 cm³/mol. The largest absolute Gasteiger partial charge is 0.345 e. The number of hydrogen-bond donors (Lipinski definition) is 1. The van der Waals surface area contributed by atoms with E-state index in [-0.39, 0.29) is 11.3 Å². The second kappa shape index (κ2) is 5.31. The molecule has 0 aliphatic rings. The van der Waals surface area contributed by atoms with Crippen molar-refractivity contribution in [3.63, 3.8) is 0 Å². The maximum Gasteiger partial charge on any atom is 0.227 e. The van der Waals surface area contributed by atoms with Crippen LogP contribution >= 0.6 is 23.6 Å². The first-order valence-corrected chi connectivity index (χ1v) is 6.84. The van der Waals surface area contributed by atoms with E-state index in [1.54, 1.807) is 4.90 Å². The summed E-state index contributed by atoms with van der Waals surface area (Å²) in [5.41, 5.74) is 1.14. The standard InChI is InChI=1S/C12H20N2OS2/c1-8-9(17-11(16)13-8)6-10(15)14(5)7-12(2,3)4/h6-7H2,1-5H3,(H,13,16). The summed E-state index contributed by atoms with van der Waals surface area (Å²) in [6.07, 6.45) is 0.441. The minimum absolute atomic E-state index is 0.129. The number of carbonyl (C=O) groups is 1. The lowest BCUT2D eigenvalue weighted by atomic mass is 9.96.